The van der Waals surface area contributed by atoms with Crippen molar-refractivity contribution in [1.82, 2.24) is 9.88 Å². The number of hydrogen-bond donors (Lipinski definition) is 1. The third-order valence-electron chi connectivity index (χ3n) is 4.24. The summed E-state index contributed by atoms with van der Waals surface area (Å²) in [6, 6.07) is 11.1. The van der Waals surface area contributed by atoms with Gasteiger partial charge in [0.05, 0.1) is 5.52 Å². The molecule has 3 nitrogen and oxygen atoms in total. The highest BCUT2D eigenvalue weighted by Gasteiger charge is 2.17. The van der Waals surface area contributed by atoms with Crippen molar-refractivity contribution in [2.24, 2.45) is 0 Å². The summed E-state index contributed by atoms with van der Waals surface area (Å²) in [7, 11) is 0. The molecule has 3 rings (SSSR count). The van der Waals surface area contributed by atoms with Gasteiger partial charge in [0.1, 0.15) is 5.82 Å². The number of benzene rings is 1. The van der Waals surface area contributed by atoms with E-state index < -0.39 is 0 Å². The first-order valence-corrected chi connectivity index (χ1v) is 7.58. The van der Waals surface area contributed by atoms with Gasteiger partial charge in [-0.1, -0.05) is 18.2 Å². The van der Waals surface area contributed by atoms with Gasteiger partial charge in [0.25, 0.3) is 0 Å². The van der Waals surface area contributed by atoms with Gasteiger partial charge >= 0.3 is 0 Å². The van der Waals surface area contributed by atoms with Gasteiger partial charge in [-0.15, -0.1) is 0 Å². The lowest BCUT2D eigenvalue weighted by molar-refractivity contribution is 0.269. The maximum Gasteiger partial charge on any atom is 0.129 e. The van der Waals surface area contributed by atoms with Crippen molar-refractivity contribution in [3.05, 3.63) is 35.9 Å². The molecule has 1 atom stereocenters. The molecule has 0 saturated carbocycles. The Kier molecular flexibility index (Phi) is 3.88. The summed E-state index contributed by atoms with van der Waals surface area (Å²) in [5.74, 6) is 1.02. The third kappa shape index (κ3) is 2.78. The minimum atomic E-state index is 0.574. The van der Waals surface area contributed by atoms with Crippen LogP contribution in [0.15, 0.2) is 30.3 Å². The van der Waals surface area contributed by atoms with E-state index in [1.54, 1.807) is 0 Å². The molecule has 1 aromatic heterocycles. The zero-order chi connectivity index (χ0) is 13.9. The molecule has 0 radical (unpaired) electrons. The van der Waals surface area contributed by atoms with Crippen molar-refractivity contribution in [3.8, 4) is 0 Å². The average Bonchev–Trinajstić information content (AvgIpc) is 2.99. The van der Waals surface area contributed by atoms with Crippen LogP contribution in [-0.2, 0) is 0 Å². The Morgan fingerprint density at radius 1 is 1.25 bits per heavy atom. The van der Waals surface area contributed by atoms with Crippen LogP contribution in [0.1, 0.15) is 25.3 Å². The number of aromatic nitrogens is 1. The van der Waals surface area contributed by atoms with Crippen LogP contribution in [0.25, 0.3) is 10.9 Å². The molecule has 1 aliphatic heterocycles. The molecule has 0 aliphatic carbocycles. The molecule has 1 aromatic carbocycles. The van der Waals surface area contributed by atoms with E-state index in [0.717, 1.165) is 17.9 Å². The summed E-state index contributed by atoms with van der Waals surface area (Å²) < 4.78 is 0. The molecule has 1 fully saturated rings. The van der Waals surface area contributed by atoms with E-state index >= 15 is 0 Å². The Bertz CT molecular complexity index is 588. The van der Waals surface area contributed by atoms with Crippen molar-refractivity contribution in [1.29, 1.82) is 0 Å². The molecule has 0 bridgehead atoms. The number of nitrogens with zero attached hydrogens (tertiary/aromatic N) is 2. The van der Waals surface area contributed by atoms with Crippen molar-refractivity contribution in [3.63, 3.8) is 0 Å². The fourth-order valence-electron chi connectivity index (χ4n) is 2.96. The molecule has 2 heterocycles. The second-order valence-electron chi connectivity index (χ2n) is 5.82. The summed E-state index contributed by atoms with van der Waals surface area (Å²) in [6.45, 7) is 7.88. The zero-order valence-electron chi connectivity index (χ0n) is 12.4. The molecule has 1 aliphatic rings. The quantitative estimate of drug-likeness (QED) is 0.921. The summed E-state index contributed by atoms with van der Waals surface area (Å²) in [5, 5.41) is 4.74. The minimum absolute atomic E-state index is 0.574. The monoisotopic (exact) mass is 269 g/mol. The topological polar surface area (TPSA) is 28.2 Å². The van der Waals surface area contributed by atoms with Crippen LogP contribution >= 0.6 is 0 Å². The van der Waals surface area contributed by atoms with Crippen molar-refractivity contribution < 1.29 is 0 Å². The van der Waals surface area contributed by atoms with Crippen molar-refractivity contribution >= 4 is 16.7 Å². The lowest BCUT2D eigenvalue weighted by Gasteiger charge is -2.24. The highest BCUT2D eigenvalue weighted by atomic mass is 15.2. The van der Waals surface area contributed by atoms with Crippen molar-refractivity contribution in [2.75, 3.05) is 25.0 Å². The van der Waals surface area contributed by atoms with Gasteiger partial charge in [-0.25, -0.2) is 4.98 Å². The standard InChI is InChI=1S/C17H23N3/c1-13-11-15-7-3-4-8-16(15)19-17(13)18-12-14(2)20-9-5-6-10-20/h3-4,7-8,11,14H,5-6,9-10,12H2,1-2H3,(H,18,19). The predicted molar refractivity (Wildman–Crippen MR) is 85.2 cm³/mol. The van der Waals surface area contributed by atoms with Crippen LogP contribution in [-0.4, -0.2) is 35.6 Å². The second-order valence-corrected chi connectivity index (χ2v) is 5.82. The van der Waals surface area contributed by atoms with Gasteiger partial charge in [0.15, 0.2) is 0 Å². The summed E-state index contributed by atoms with van der Waals surface area (Å²) in [6.07, 6.45) is 2.69. The van der Waals surface area contributed by atoms with E-state index in [0.29, 0.717) is 6.04 Å². The molecular weight excluding hydrogens is 246 g/mol. The van der Waals surface area contributed by atoms with Crippen LogP contribution < -0.4 is 5.32 Å². The number of aryl methyl sites for hydroxylation is 1. The first-order chi connectivity index (χ1) is 9.74. The fraction of sp³-hybridized carbons (Fsp3) is 0.471. The second kappa shape index (κ2) is 5.80. The summed E-state index contributed by atoms with van der Waals surface area (Å²) >= 11 is 0. The lowest BCUT2D eigenvalue weighted by Crippen LogP contribution is -2.35. The van der Waals surface area contributed by atoms with Crippen LogP contribution in [0.2, 0.25) is 0 Å². The van der Waals surface area contributed by atoms with E-state index in [1.807, 2.05) is 6.07 Å². The van der Waals surface area contributed by atoms with E-state index in [9.17, 15) is 0 Å². The number of rotatable bonds is 4. The number of likely N-dealkylation sites (tertiary alicyclic amines) is 1. The lowest BCUT2D eigenvalue weighted by atomic mass is 10.1. The number of anilines is 1. The molecule has 1 saturated heterocycles. The van der Waals surface area contributed by atoms with Crippen LogP contribution in [0.3, 0.4) is 0 Å². The molecule has 2 aromatic rings. The van der Waals surface area contributed by atoms with Gasteiger partial charge in [0.2, 0.25) is 0 Å². The molecule has 0 amide bonds. The fourth-order valence-corrected chi connectivity index (χ4v) is 2.96. The first-order valence-electron chi connectivity index (χ1n) is 7.58. The Balaban J connectivity index is 1.71. The number of hydrogen-bond acceptors (Lipinski definition) is 3. The van der Waals surface area contributed by atoms with E-state index in [-0.39, 0.29) is 0 Å². The first kappa shape index (κ1) is 13.4. The van der Waals surface area contributed by atoms with Crippen LogP contribution in [0, 0.1) is 6.92 Å². The van der Waals surface area contributed by atoms with Gasteiger partial charge < -0.3 is 5.32 Å². The molecule has 0 spiro atoms. The number of fused-ring (bicyclic) bond motifs is 1. The number of nitrogens with one attached hydrogen (secondary N) is 1. The Morgan fingerprint density at radius 3 is 2.80 bits per heavy atom. The molecule has 3 heteroatoms. The highest BCUT2D eigenvalue weighted by molar-refractivity contribution is 5.81. The number of pyridine rings is 1. The Morgan fingerprint density at radius 2 is 2.00 bits per heavy atom. The minimum Gasteiger partial charge on any atom is -0.368 e. The van der Waals surface area contributed by atoms with Crippen molar-refractivity contribution in [2.45, 2.75) is 32.7 Å². The van der Waals surface area contributed by atoms with Crippen LogP contribution in [0.5, 0.6) is 0 Å². The van der Waals surface area contributed by atoms with Crippen LogP contribution in [0.4, 0.5) is 5.82 Å². The van der Waals surface area contributed by atoms with E-state index in [4.69, 9.17) is 4.98 Å². The molecule has 106 valence electrons. The van der Waals surface area contributed by atoms with Gasteiger partial charge in [0, 0.05) is 18.0 Å². The largest absolute Gasteiger partial charge is 0.368 e. The van der Waals surface area contributed by atoms with Gasteiger partial charge in [-0.3, -0.25) is 4.90 Å². The summed E-state index contributed by atoms with van der Waals surface area (Å²) in [4.78, 5) is 7.30. The van der Waals surface area contributed by atoms with Gasteiger partial charge in [-0.05, 0) is 57.5 Å². The predicted octanol–water partition coefficient (Wildman–Crippen LogP) is 3.44. The molecular formula is C17H23N3. The third-order valence-corrected chi connectivity index (χ3v) is 4.24. The highest BCUT2D eigenvalue weighted by Crippen LogP contribution is 2.20. The number of para-hydroxylation sites is 1. The molecule has 1 unspecified atom stereocenters. The van der Waals surface area contributed by atoms with Gasteiger partial charge in [-0.2, -0.15) is 0 Å². The Hall–Kier alpha value is -1.61. The SMILES string of the molecule is Cc1cc2ccccc2nc1NCC(C)N1CCCC1. The molecule has 20 heavy (non-hydrogen) atoms. The van der Waals surface area contributed by atoms with E-state index in [1.165, 1.54) is 36.9 Å². The Labute approximate surface area is 121 Å². The molecule has 1 N–H and O–H groups in total. The maximum atomic E-state index is 4.74. The summed E-state index contributed by atoms with van der Waals surface area (Å²) in [5.41, 5.74) is 2.28. The smallest absolute Gasteiger partial charge is 0.129 e. The maximum absolute atomic E-state index is 4.74. The average molecular weight is 269 g/mol. The normalized spacial score (nSPS) is 17.5. The van der Waals surface area contributed by atoms with E-state index in [2.05, 4.69) is 48.3 Å². The zero-order valence-corrected chi connectivity index (χ0v) is 12.4.